The van der Waals surface area contributed by atoms with E-state index in [9.17, 15) is 8.42 Å². The average Bonchev–Trinajstić information content (AvgIpc) is 2.85. The van der Waals surface area contributed by atoms with Gasteiger partial charge in [0.1, 0.15) is 5.76 Å². The van der Waals surface area contributed by atoms with Crippen LogP contribution in [0.15, 0.2) is 39.8 Å². The molecule has 114 valence electrons. The second-order valence-corrected chi connectivity index (χ2v) is 7.45. The lowest BCUT2D eigenvalue weighted by Gasteiger charge is -2.06. The van der Waals surface area contributed by atoms with Crippen LogP contribution < -0.4 is 10.5 Å². The zero-order chi connectivity index (χ0) is 15.3. The molecular weight excluding hydrogens is 310 g/mol. The van der Waals surface area contributed by atoms with Crippen molar-refractivity contribution in [3.8, 4) is 0 Å². The lowest BCUT2D eigenvalue weighted by Crippen LogP contribution is -2.27. The Balaban J connectivity index is 1.80. The molecular formula is C13H17N3O3S2. The van der Waals surface area contributed by atoms with Gasteiger partial charge in [-0.1, -0.05) is 12.1 Å². The van der Waals surface area contributed by atoms with Gasteiger partial charge in [0.05, 0.1) is 18.5 Å². The number of aryl methyl sites for hydroxylation is 1. The maximum atomic E-state index is 11.9. The van der Waals surface area contributed by atoms with Gasteiger partial charge in [0, 0.05) is 16.3 Å². The van der Waals surface area contributed by atoms with Crippen LogP contribution in [0.4, 0.5) is 5.69 Å². The number of anilines is 1. The summed E-state index contributed by atoms with van der Waals surface area (Å²) >= 11 is 1.42. The quantitative estimate of drug-likeness (QED) is 0.594. The Morgan fingerprint density at radius 3 is 2.81 bits per heavy atom. The van der Waals surface area contributed by atoms with Gasteiger partial charge in [-0.15, -0.1) is 11.8 Å². The van der Waals surface area contributed by atoms with E-state index in [-0.39, 0.29) is 12.3 Å². The summed E-state index contributed by atoms with van der Waals surface area (Å²) in [5.74, 6) is 1.44. The molecule has 0 saturated carbocycles. The lowest BCUT2D eigenvalue weighted by molar-refractivity contribution is 0.463. The number of sulfonamides is 1. The average molecular weight is 327 g/mol. The fraction of sp³-hybridized carbons (Fsp3) is 0.308. The molecule has 0 fully saturated rings. The third-order valence-corrected chi connectivity index (χ3v) is 5.32. The Labute approximate surface area is 128 Å². The van der Waals surface area contributed by atoms with Crippen LogP contribution in [-0.4, -0.2) is 24.9 Å². The van der Waals surface area contributed by atoms with Crippen LogP contribution in [0, 0.1) is 6.92 Å². The van der Waals surface area contributed by atoms with Gasteiger partial charge in [-0.2, -0.15) is 0 Å². The highest BCUT2D eigenvalue weighted by atomic mass is 32.2. The predicted molar refractivity (Wildman–Crippen MR) is 83.4 cm³/mol. The summed E-state index contributed by atoms with van der Waals surface area (Å²) in [4.78, 5) is 4.83. The van der Waals surface area contributed by atoms with Crippen LogP contribution >= 0.6 is 11.8 Å². The molecule has 0 atom stereocenters. The first kappa shape index (κ1) is 15.9. The number of oxazole rings is 1. The molecule has 8 heteroatoms. The predicted octanol–water partition coefficient (Wildman–Crippen LogP) is 1.78. The molecule has 0 unspecified atom stereocenters. The molecule has 1 heterocycles. The van der Waals surface area contributed by atoms with Crippen molar-refractivity contribution < 1.29 is 12.8 Å². The number of rotatable bonds is 7. The highest BCUT2D eigenvalue weighted by molar-refractivity contribution is 8.00. The number of nitrogen functional groups attached to an aromatic ring is 1. The van der Waals surface area contributed by atoms with E-state index in [0.29, 0.717) is 23.1 Å². The molecule has 0 aliphatic rings. The first-order chi connectivity index (χ1) is 9.96. The SMILES string of the molecule is Cc1cnc(CNS(=O)(=O)CCSc2ccccc2N)o1. The maximum Gasteiger partial charge on any atom is 0.212 e. The Morgan fingerprint density at radius 2 is 2.14 bits per heavy atom. The summed E-state index contributed by atoms with van der Waals surface area (Å²) in [6, 6.07) is 7.38. The topological polar surface area (TPSA) is 98.2 Å². The number of nitrogens with zero attached hydrogens (tertiary/aromatic N) is 1. The van der Waals surface area contributed by atoms with Crippen molar-refractivity contribution in [2.24, 2.45) is 0 Å². The number of thioether (sulfide) groups is 1. The van der Waals surface area contributed by atoms with Gasteiger partial charge in [-0.3, -0.25) is 0 Å². The highest BCUT2D eigenvalue weighted by Crippen LogP contribution is 2.24. The second kappa shape index (κ2) is 6.97. The van der Waals surface area contributed by atoms with E-state index in [0.717, 1.165) is 4.90 Å². The third kappa shape index (κ3) is 5.07. The number of aromatic nitrogens is 1. The maximum absolute atomic E-state index is 11.9. The number of hydrogen-bond acceptors (Lipinski definition) is 6. The largest absolute Gasteiger partial charge is 0.445 e. The van der Waals surface area contributed by atoms with E-state index < -0.39 is 10.0 Å². The Kier molecular flexibility index (Phi) is 5.27. The number of benzene rings is 1. The standard InChI is InChI=1S/C13H17N3O3S2/c1-10-8-15-13(19-10)9-16-21(17,18)7-6-20-12-5-3-2-4-11(12)14/h2-5,8,16H,6-7,9,14H2,1H3. The minimum atomic E-state index is -3.37. The Bertz CT molecular complexity index is 698. The van der Waals surface area contributed by atoms with Crippen molar-refractivity contribution in [1.82, 2.24) is 9.71 Å². The summed E-state index contributed by atoms with van der Waals surface area (Å²) in [5.41, 5.74) is 6.46. The first-order valence-corrected chi connectivity index (χ1v) is 8.96. The number of para-hydroxylation sites is 1. The van der Waals surface area contributed by atoms with Crippen molar-refractivity contribution in [1.29, 1.82) is 0 Å². The fourth-order valence-corrected chi connectivity index (χ4v) is 3.93. The molecule has 2 aromatic rings. The molecule has 0 saturated heterocycles. The van der Waals surface area contributed by atoms with Gasteiger partial charge < -0.3 is 10.2 Å². The minimum absolute atomic E-state index is 0.00565. The number of nitrogens with one attached hydrogen (secondary N) is 1. The fourth-order valence-electron chi connectivity index (χ4n) is 1.60. The molecule has 0 bridgehead atoms. The molecule has 0 aliphatic carbocycles. The molecule has 3 N–H and O–H groups in total. The molecule has 21 heavy (non-hydrogen) atoms. The smallest absolute Gasteiger partial charge is 0.212 e. The minimum Gasteiger partial charge on any atom is -0.445 e. The summed E-state index contributed by atoms with van der Waals surface area (Å²) in [7, 11) is -3.37. The van der Waals surface area contributed by atoms with Crippen LogP contribution in [-0.2, 0) is 16.6 Å². The molecule has 0 spiro atoms. The summed E-state index contributed by atoms with van der Waals surface area (Å²) < 4.78 is 31.4. The van der Waals surface area contributed by atoms with Gasteiger partial charge in [0.15, 0.2) is 0 Å². The van der Waals surface area contributed by atoms with E-state index >= 15 is 0 Å². The van der Waals surface area contributed by atoms with Crippen molar-refractivity contribution in [2.45, 2.75) is 18.4 Å². The van der Waals surface area contributed by atoms with Gasteiger partial charge in [0.2, 0.25) is 15.9 Å². The molecule has 0 aliphatic heterocycles. The van der Waals surface area contributed by atoms with Gasteiger partial charge >= 0.3 is 0 Å². The van der Waals surface area contributed by atoms with Crippen LogP contribution in [0.3, 0.4) is 0 Å². The second-order valence-electron chi connectivity index (χ2n) is 4.39. The monoisotopic (exact) mass is 327 g/mol. The normalized spacial score (nSPS) is 11.7. The van der Waals surface area contributed by atoms with Crippen LogP contribution in [0.2, 0.25) is 0 Å². The van der Waals surface area contributed by atoms with Crippen molar-refractivity contribution in [3.05, 3.63) is 42.1 Å². The highest BCUT2D eigenvalue weighted by Gasteiger charge is 2.12. The van der Waals surface area contributed by atoms with Crippen LogP contribution in [0.25, 0.3) is 0 Å². The zero-order valence-electron chi connectivity index (χ0n) is 11.6. The Morgan fingerprint density at radius 1 is 1.38 bits per heavy atom. The molecule has 0 radical (unpaired) electrons. The van der Waals surface area contributed by atoms with E-state index in [1.807, 2.05) is 18.2 Å². The van der Waals surface area contributed by atoms with Gasteiger partial charge in [-0.05, 0) is 19.1 Å². The van der Waals surface area contributed by atoms with E-state index in [4.69, 9.17) is 10.2 Å². The van der Waals surface area contributed by atoms with Gasteiger partial charge in [-0.25, -0.2) is 18.1 Å². The summed E-state index contributed by atoms with van der Waals surface area (Å²) in [6.07, 6.45) is 1.55. The third-order valence-electron chi connectivity index (χ3n) is 2.64. The molecule has 1 aromatic carbocycles. The zero-order valence-corrected chi connectivity index (χ0v) is 13.2. The summed E-state index contributed by atoms with van der Waals surface area (Å²) in [5, 5.41) is 0. The summed E-state index contributed by atoms with van der Waals surface area (Å²) in [6.45, 7) is 1.82. The van der Waals surface area contributed by atoms with E-state index in [1.54, 1.807) is 19.2 Å². The lowest BCUT2D eigenvalue weighted by atomic mass is 10.3. The number of nitrogens with two attached hydrogens (primary N) is 1. The molecule has 0 amide bonds. The van der Waals surface area contributed by atoms with Crippen molar-refractivity contribution in [2.75, 3.05) is 17.2 Å². The molecule has 2 rings (SSSR count). The molecule has 1 aromatic heterocycles. The van der Waals surface area contributed by atoms with Gasteiger partial charge in [0.25, 0.3) is 0 Å². The van der Waals surface area contributed by atoms with Crippen LogP contribution in [0.5, 0.6) is 0 Å². The number of hydrogen-bond donors (Lipinski definition) is 2. The first-order valence-electron chi connectivity index (χ1n) is 6.32. The Hall–Kier alpha value is -1.51. The van der Waals surface area contributed by atoms with Crippen molar-refractivity contribution >= 4 is 27.5 Å². The van der Waals surface area contributed by atoms with Crippen molar-refractivity contribution in [3.63, 3.8) is 0 Å². The van der Waals surface area contributed by atoms with E-state index in [2.05, 4.69) is 9.71 Å². The van der Waals surface area contributed by atoms with E-state index in [1.165, 1.54) is 11.8 Å². The van der Waals surface area contributed by atoms with Crippen LogP contribution in [0.1, 0.15) is 11.7 Å². The molecule has 6 nitrogen and oxygen atoms in total.